The summed E-state index contributed by atoms with van der Waals surface area (Å²) in [5.41, 5.74) is 0.279. The van der Waals surface area contributed by atoms with Crippen molar-refractivity contribution in [2.75, 3.05) is 33.2 Å². The van der Waals surface area contributed by atoms with E-state index in [0.717, 1.165) is 0 Å². The minimum Gasteiger partial charge on any atom is -0.493 e. The second kappa shape index (κ2) is 6.49. The average molecular weight is 339 g/mol. The van der Waals surface area contributed by atoms with Gasteiger partial charge in [-0.05, 0) is 26.1 Å². The molecule has 1 aliphatic rings. The molecule has 0 atom stereocenters. The van der Waals surface area contributed by atoms with Crippen molar-refractivity contribution in [2.24, 2.45) is 0 Å². The van der Waals surface area contributed by atoms with Crippen molar-refractivity contribution in [1.29, 1.82) is 0 Å². The number of ether oxygens (including phenoxy) is 3. The molecule has 126 valence electrons. The van der Waals surface area contributed by atoms with Gasteiger partial charge in [0.25, 0.3) is 0 Å². The smallest absolute Gasteiger partial charge is 0.328 e. The van der Waals surface area contributed by atoms with Gasteiger partial charge in [-0.25, -0.2) is 4.79 Å². The van der Waals surface area contributed by atoms with E-state index in [4.69, 9.17) is 26.4 Å². The van der Waals surface area contributed by atoms with Crippen LogP contribution in [0.15, 0.2) is 12.1 Å². The Morgan fingerprint density at radius 2 is 1.78 bits per heavy atom. The molecule has 0 radical (unpaired) electrons. The monoisotopic (exact) mass is 339 g/mol. The van der Waals surface area contributed by atoms with E-state index in [-0.39, 0.29) is 11.6 Å². The van der Waals surface area contributed by atoms with Crippen LogP contribution in [0.5, 0.6) is 17.2 Å². The van der Waals surface area contributed by atoms with Gasteiger partial charge in [-0.1, -0.05) is 0 Å². The van der Waals surface area contributed by atoms with Crippen LogP contribution in [-0.2, 0) is 0 Å². The molecule has 0 aliphatic carbocycles. The molecule has 2 N–H and O–H groups in total. The summed E-state index contributed by atoms with van der Waals surface area (Å²) in [7, 11) is 4.56. The number of nitrogens with zero attached hydrogens (tertiary/aromatic N) is 1. The lowest BCUT2D eigenvalue weighted by Gasteiger charge is -2.19. The number of carbonyl (C=O) groups excluding carboxylic acids is 1. The zero-order valence-electron chi connectivity index (χ0n) is 13.9. The SMILES string of the molecule is COc1cc(NC(=O)N2CC(C)(C)NC2=S)cc(OC)c1OC. The molecule has 0 aromatic heterocycles. The molecule has 0 spiro atoms. The number of anilines is 1. The van der Waals surface area contributed by atoms with Crippen molar-refractivity contribution < 1.29 is 19.0 Å². The summed E-state index contributed by atoms with van der Waals surface area (Å²) in [5, 5.41) is 6.30. The van der Waals surface area contributed by atoms with E-state index in [2.05, 4.69) is 10.6 Å². The van der Waals surface area contributed by atoms with E-state index >= 15 is 0 Å². The number of amides is 2. The van der Waals surface area contributed by atoms with Crippen LogP contribution in [0, 0.1) is 0 Å². The summed E-state index contributed by atoms with van der Waals surface area (Å²) in [4.78, 5) is 13.9. The normalized spacial score (nSPS) is 15.9. The fourth-order valence-electron chi connectivity index (χ4n) is 2.37. The van der Waals surface area contributed by atoms with Crippen molar-refractivity contribution in [3.05, 3.63) is 12.1 Å². The van der Waals surface area contributed by atoms with Crippen molar-refractivity contribution in [3.63, 3.8) is 0 Å². The van der Waals surface area contributed by atoms with Gasteiger partial charge in [0.15, 0.2) is 16.6 Å². The number of thiocarbonyl (C=S) groups is 1. The summed E-state index contributed by atoms with van der Waals surface area (Å²) < 4.78 is 15.8. The fourth-order valence-corrected chi connectivity index (χ4v) is 2.80. The van der Waals surface area contributed by atoms with E-state index in [9.17, 15) is 4.79 Å². The molecule has 1 aliphatic heterocycles. The minimum atomic E-state index is -0.317. The van der Waals surface area contributed by atoms with Gasteiger partial charge in [-0.15, -0.1) is 0 Å². The highest BCUT2D eigenvalue weighted by Gasteiger charge is 2.35. The Labute approximate surface area is 140 Å². The molecular weight excluding hydrogens is 318 g/mol. The second-order valence-corrected chi connectivity index (χ2v) is 6.13. The number of methoxy groups -OCH3 is 3. The van der Waals surface area contributed by atoms with Gasteiger partial charge in [0.05, 0.1) is 39.1 Å². The number of hydrogen-bond acceptors (Lipinski definition) is 5. The standard InChI is InChI=1S/C15H21N3O4S/c1-15(2)8-18(14(23)17-15)13(19)16-9-6-10(20-3)12(22-5)11(7-9)21-4/h6-7H,8H2,1-5H3,(H,16,19)(H,17,23). The molecule has 1 aromatic carbocycles. The Bertz CT molecular complexity index is 608. The average Bonchev–Trinajstić information content (AvgIpc) is 2.79. The zero-order chi connectivity index (χ0) is 17.2. The summed E-state index contributed by atoms with van der Waals surface area (Å²) >= 11 is 5.20. The van der Waals surface area contributed by atoms with E-state index < -0.39 is 0 Å². The van der Waals surface area contributed by atoms with E-state index in [0.29, 0.717) is 34.6 Å². The number of hydrogen-bond donors (Lipinski definition) is 2. The van der Waals surface area contributed by atoms with Gasteiger partial charge in [-0.2, -0.15) is 0 Å². The maximum Gasteiger partial charge on any atom is 0.328 e. The molecule has 23 heavy (non-hydrogen) atoms. The van der Waals surface area contributed by atoms with Crippen molar-refractivity contribution in [2.45, 2.75) is 19.4 Å². The number of urea groups is 1. The van der Waals surface area contributed by atoms with Crippen molar-refractivity contribution in [1.82, 2.24) is 10.2 Å². The second-order valence-electron chi connectivity index (χ2n) is 5.74. The first kappa shape index (κ1) is 17.1. The third-order valence-corrected chi connectivity index (χ3v) is 3.73. The Morgan fingerprint density at radius 3 is 2.17 bits per heavy atom. The molecule has 1 heterocycles. The summed E-state index contributed by atoms with van der Waals surface area (Å²) in [5.74, 6) is 1.39. The third-order valence-electron chi connectivity index (χ3n) is 3.41. The van der Waals surface area contributed by atoms with Gasteiger partial charge < -0.3 is 24.8 Å². The van der Waals surface area contributed by atoms with Gasteiger partial charge in [0.2, 0.25) is 5.75 Å². The molecule has 1 fully saturated rings. The van der Waals surface area contributed by atoms with Gasteiger partial charge >= 0.3 is 6.03 Å². The molecule has 1 aromatic rings. The van der Waals surface area contributed by atoms with Crippen LogP contribution in [0.4, 0.5) is 10.5 Å². The lowest BCUT2D eigenvalue weighted by Crippen LogP contribution is -2.37. The molecule has 1 saturated heterocycles. The summed E-state index contributed by atoms with van der Waals surface area (Å²) in [6.45, 7) is 4.44. The number of nitrogens with one attached hydrogen (secondary N) is 2. The maximum atomic E-state index is 12.4. The molecule has 2 rings (SSSR count). The maximum absolute atomic E-state index is 12.4. The van der Waals surface area contributed by atoms with E-state index in [1.165, 1.54) is 26.2 Å². The van der Waals surface area contributed by atoms with E-state index in [1.54, 1.807) is 12.1 Å². The van der Waals surface area contributed by atoms with Crippen LogP contribution in [0.1, 0.15) is 13.8 Å². The Morgan fingerprint density at radius 1 is 1.22 bits per heavy atom. The Hall–Kier alpha value is -2.22. The molecule has 8 heteroatoms. The third kappa shape index (κ3) is 3.58. The first-order valence-electron chi connectivity index (χ1n) is 7.02. The van der Waals surface area contributed by atoms with Crippen LogP contribution in [0.25, 0.3) is 0 Å². The highest BCUT2D eigenvalue weighted by Crippen LogP contribution is 2.40. The highest BCUT2D eigenvalue weighted by atomic mass is 32.1. The predicted molar refractivity (Wildman–Crippen MR) is 91.6 cm³/mol. The Balaban J connectivity index is 2.23. The lowest BCUT2D eigenvalue weighted by atomic mass is 10.1. The first-order chi connectivity index (χ1) is 10.8. The van der Waals surface area contributed by atoms with Gasteiger partial charge in [0, 0.05) is 12.1 Å². The molecule has 0 unspecified atom stereocenters. The van der Waals surface area contributed by atoms with Gasteiger partial charge in [-0.3, -0.25) is 4.90 Å². The topological polar surface area (TPSA) is 72.1 Å². The number of carbonyl (C=O) groups is 1. The first-order valence-corrected chi connectivity index (χ1v) is 7.43. The highest BCUT2D eigenvalue weighted by molar-refractivity contribution is 7.80. The zero-order valence-corrected chi connectivity index (χ0v) is 14.7. The van der Waals surface area contributed by atoms with Crippen molar-refractivity contribution in [3.8, 4) is 17.2 Å². The number of benzene rings is 1. The van der Waals surface area contributed by atoms with Crippen LogP contribution in [0.2, 0.25) is 0 Å². The molecule has 0 saturated carbocycles. The molecule has 0 bridgehead atoms. The summed E-state index contributed by atoms with van der Waals surface area (Å²) in [6.07, 6.45) is 0. The molecule has 7 nitrogen and oxygen atoms in total. The molecule has 2 amide bonds. The fraction of sp³-hybridized carbons (Fsp3) is 0.467. The van der Waals surface area contributed by atoms with Crippen LogP contribution >= 0.6 is 12.2 Å². The minimum absolute atomic E-state index is 0.246. The van der Waals surface area contributed by atoms with Crippen LogP contribution in [0.3, 0.4) is 0 Å². The molecular formula is C15H21N3O4S. The van der Waals surface area contributed by atoms with Crippen molar-refractivity contribution >= 4 is 29.0 Å². The largest absolute Gasteiger partial charge is 0.493 e. The summed E-state index contributed by atoms with van der Waals surface area (Å²) in [6, 6.07) is 3.01. The van der Waals surface area contributed by atoms with Crippen LogP contribution in [-0.4, -0.2) is 49.5 Å². The van der Waals surface area contributed by atoms with Gasteiger partial charge in [0.1, 0.15) is 0 Å². The number of rotatable bonds is 4. The van der Waals surface area contributed by atoms with Crippen LogP contribution < -0.4 is 24.8 Å². The Kier molecular flexibility index (Phi) is 4.84. The lowest BCUT2D eigenvalue weighted by molar-refractivity contribution is 0.233. The quantitative estimate of drug-likeness (QED) is 0.820. The van der Waals surface area contributed by atoms with E-state index in [1.807, 2.05) is 13.8 Å². The predicted octanol–water partition coefficient (Wildman–Crippen LogP) is 2.21.